The number of hydrazine groups is 1. The molecule has 1 atom stereocenters. The van der Waals surface area contributed by atoms with E-state index in [4.69, 9.17) is 19.4 Å². The largest absolute Gasteiger partial charge is 0.497 e. The van der Waals surface area contributed by atoms with E-state index in [-0.39, 0.29) is 6.04 Å². The van der Waals surface area contributed by atoms with E-state index in [0.29, 0.717) is 19.1 Å². The lowest BCUT2D eigenvalue weighted by molar-refractivity contribution is 0.332. The molecular formula is C24H28N6O2. The van der Waals surface area contributed by atoms with Gasteiger partial charge in [0, 0.05) is 20.1 Å². The SMILES string of the molecule is COc1ccc(CN2CCC3NN(C)c4nc(NCCOc5ccccc5)nc2c43)cc1. The van der Waals surface area contributed by atoms with Crippen LogP contribution in [0, 0.1) is 0 Å². The fourth-order valence-corrected chi connectivity index (χ4v) is 4.25. The van der Waals surface area contributed by atoms with Crippen molar-refractivity contribution in [3.05, 3.63) is 65.7 Å². The van der Waals surface area contributed by atoms with Crippen LogP contribution in [0.25, 0.3) is 0 Å². The minimum atomic E-state index is 0.257. The topological polar surface area (TPSA) is 74.8 Å². The summed E-state index contributed by atoms with van der Waals surface area (Å²) in [4.78, 5) is 12.0. The summed E-state index contributed by atoms with van der Waals surface area (Å²) in [6.45, 7) is 2.87. The van der Waals surface area contributed by atoms with Gasteiger partial charge >= 0.3 is 0 Å². The third kappa shape index (κ3) is 4.13. The lowest BCUT2D eigenvalue weighted by Crippen LogP contribution is -2.36. The van der Waals surface area contributed by atoms with Gasteiger partial charge in [-0.05, 0) is 36.2 Å². The van der Waals surface area contributed by atoms with E-state index in [1.807, 2.05) is 54.5 Å². The fourth-order valence-electron chi connectivity index (χ4n) is 4.25. The number of ether oxygens (including phenoxy) is 2. The van der Waals surface area contributed by atoms with Crippen LogP contribution in [-0.2, 0) is 6.54 Å². The van der Waals surface area contributed by atoms with Gasteiger partial charge in [-0.15, -0.1) is 0 Å². The third-order valence-corrected chi connectivity index (χ3v) is 5.84. The minimum absolute atomic E-state index is 0.257. The Morgan fingerprint density at radius 1 is 1.03 bits per heavy atom. The van der Waals surface area contributed by atoms with Gasteiger partial charge < -0.3 is 19.7 Å². The van der Waals surface area contributed by atoms with Gasteiger partial charge in [-0.25, -0.2) is 5.43 Å². The maximum absolute atomic E-state index is 5.78. The molecule has 0 aliphatic carbocycles. The van der Waals surface area contributed by atoms with Crippen molar-refractivity contribution in [3.8, 4) is 11.5 Å². The third-order valence-electron chi connectivity index (χ3n) is 5.84. The molecule has 0 radical (unpaired) electrons. The van der Waals surface area contributed by atoms with Crippen LogP contribution in [0.4, 0.5) is 17.6 Å². The van der Waals surface area contributed by atoms with Gasteiger partial charge in [0.1, 0.15) is 23.9 Å². The Balaban J connectivity index is 1.33. The Morgan fingerprint density at radius 3 is 2.59 bits per heavy atom. The predicted octanol–water partition coefficient (Wildman–Crippen LogP) is 3.38. The molecule has 3 aromatic rings. The number of rotatable bonds is 8. The molecule has 5 rings (SSSR count). The zero-order valence-electron chi connectivity index (χ0n) is 18.4. The molecule has 1 aromatic heterocycles. The van der Waals surface area contributed by atoms with Crippen LogP contribution in [0.1, 0.15) is 23.6 Å². The van der Waals surface area contributed by atoms with Crippen molar-refractivity contribution < 1.29 is 9.47 Å². The molecule has 166 valence electrons. The Kier molecular flexibility index (Phi) is 5.68. The van der Waals surface area contributed by atoms with Gasteiger partial charge in [0.25, 0.3) is 0 Å². The summed E-state index contributed by atoms with van der Waals surface area (Å²) in [5.41, 5.74) is 5.91. The van der Waals surface area contributed by atoms with Crippen LogP contribution in [0.5, 0.6) is 11.5 Å². The number of hydrogen-bond donors (Lipinski definition) is 2. The molecule has 0 fully saturated rings. The summed E-state index contributed by atoms with van der Waals surface area (Å²) in [6.07, 6.45) is 1.02. The van der Waals surface area contributed by atoms with Crippen molar-refractivity contribution in [1.29, 1.82) is 0 Å². The number of nitrogens with zero attached hydrogens (tertiary/aromatic N) is 4. The van der Waals surface area contributed by atoms with Crippen LogP contribution >= 0.6 is 0 Å². The Hall–Kier alpha value is -3.52. The molecule has 0 saturated carbocycles. The highest BCUT2D eigenvalue weighted by molar-refractivity contribution is 5.68. The number of anilines is 3. The molecule has 2 aliphatic heterocycles. The highest BCUT2D eigenvalue weighted by Crippen LogP contribution is 2.43. The minimum Gasteiger partial charge on any atom is -0.497 e. The number of benzene rings is 2. The fraction of sp³-hybridized carbons (Fsp3) is 0.333. The van der Waals surface area contributed by atoms with Gasteiger partial charge in [-0.3, -0.25) is 5.01 Å². The molecule has 32 heavy (non-hydrogen) atoms. The highest BCUT2D eigenvalue weighted by atomic mass is 16.5. The number of methoxy groups -OCH3 is 1. The average Bonchev–Trinajstić information content (AvgIpc) is 3.16. The summed E-state index contributed by atoms with van der Waals surface area (Å²) in [7, 11) is 3.70. The molecule has 3 heterocycles. The van der Waals surface area contributed by atoms with Crippen molar-refractivity contribution in [2.75, 3.05) is 49.1 Å². The molecular weight excluding hydrogens is 404 g/mol. The van der Waals surface area contributed by atoms with E-state index < -0.39 is 0 Å². The second-order valence-corrected chi connectivity index (χ2v) is 8.00. The molecule has 0 amide bonds. The van der Waals surface area contributed by atoms with Crippen LogP contribution in [0.2, 0.25) is 0 Å². The summed E-state index contributed by atoms with van der Waals surface area (Å²) < 4.78 is 11.1. The Bertz CT molecular complexity index is 1060. The first-order chi connectivity index (χ1) is 15.7. The normalized spacial score (nSPS) is 16.6. The van der Waals surface area contributed by atoms with E-state index in [1.54, 1.807) is 7.11 Å². The van der Waals surface area contributed by atoms with E-state index >= 15 is 0 Å². The molecule has 2 aliphatic rings. The number of aromatic nitrogens is 2. The van der Waals surface area contributed by atoms with Crippen molar-refractivity contribution in [2.24, 2.45) is 0 Å². The van der Waals surface area contributed by atoms with E-state index in [0.717, 1.165) is 42.6 Å². The van der Waals surface area contributed by atoms with Crippen LogP contribution in [0.3, 0.4) is 0 Å². The lowest BCUT2D eigenvalue weighted by Gasteiger charge is -2.32. The second kappa shape index (κ2) is 8.92. The standard InChI is InChI=1S/C24H28N6O2/c1-29-22-21-20(28-29)12-14-30(16-17-8-10-18(31-2)11-9-17)23(21)27-24(26-22)25-13-15-32-19-6-4-3-5-7-19/h3-11,20,28H,12-16H2,1-2H3,(H,25,26,27). The zero-order chi connectivity index (χ0) is 21.9. The van der Waals surface area contributed by atoms with Crippen LogP contribution < -0.4 is 30.1 Å². The second-order valence-electron chi connectivity index (χ2n) is 8.00. The Morgan fingerprint density at radius 2 is 1.81 bits per heavy atom. The molecule has 1 unspecified atom stereocenters. The maximum Gasteiger partial charge on any atom is 0.226 e. The van der Waals surface area contributed by atoms with Gasteiger partial charge in [0.15, 0.2) is 5.82 Å². The van der Waals surface area contributed by atoms with Crippen LogP contribution in [0.15, 0.2) is 54.6 Å². The molecule has 0 spiro atoms. The Labute approximate surface area is 188 Å². The van der Waals surface area contributed by atoms with E-state index in [2.05, 4.69) is 27.8 Å². The van der Waals surface area contributed by atoms with E-state index in [1.165, 1.54) is 11.1 Å². The first-order valence-electron chi connectivity index (χ1n) is 10.9. The number of nitrogens with one attached hydrogen (secondary N) is 2. The zero-order valence-corrected chi connectivity index (χ0v) is 18.4. The monoisotopic (exact) mass is 432 g/mol. The van der Waals surface area contributed by atoms with Crippen molar-refractivity contribution in [1.82, 2.24) is 15.4 Å². The first-order valence-corrected chi connectivity index (χ1v) is 10.9. The maximum atomic E-state index is 5.78. The molecule has 8 nitrogen and oxygen atoms in total. The van der Waals surface area contributed by atoms with Gasteiger partial charge in [-0.2, -0.15) is 9.97 Å². The van der Waals surface area contributed by atoms with Gasteiger partial charge in [0.05, 0.1) is 25.3 Å². The van der Waals surface area contributed by atoms with E-state index in [9.17, 15) is 0 Å². The number of para-hydroxylation sites is 1. The predicted molar refractivity (Wildman–Crippen MR) is 125 cm³/mol. The smallest absolute Gasteiger partial charge is 0.226 e. The quantitative estimate of drug-likeness (QED) is 0.525. The molecule has 2 N–H and O–H groups in total. The summed E-state index contributed by atoms with van der Waals surface area (Å²) in [5, 5.41) is 5.34. The van der Waals surface area contributed by atoms with Crippen molar-refractivity contribution in [3.63, 3.8) is 0 Å². The van der Waals surface area contributed by atoms with Gasteiger partial charge in [0.2, 0.25) is 5.95 Å². The average molecular weight is 433 g/mol. The van der Waals surface area contributed by atoms with Crippen LogP contribution in [-0.4, -0.2) is 43.8 Å². The van der Waals surface area contributed by atoms with Gasteiger partial charge in [-0.1, -0.05) is 30.3 Å². The highest BCUT2D eigenvalue weighted by Gasteiger charge is 2.37. The summed E-state index contributed by atoms with van der Waals surface area (Å²) >= 11 is 0. The lowest BCUT2D eigenvalue weighted by atomic mass is 10.0. The first kappa shape index (κ1) is 20.4. The summed E-state index contributed by atoms with van der Waals surface area (Å²) in [6, 6.07) is 18.3. The molecule has 2 aromatic carbocycles. The van der Waals surface area contributed by atoms with Crippen molar-refractivity contribution in [2.45, 2.75) is 19.0 Å². The molecule has 8 heteroatoms. The number of hydrogen-bond acceptors (Lipinski definition) is 8. The molecule has 0 bridgehead atoms. The van der Waals surface area contributed by atoms with Crippen molar-refractivity contribution >= 4 is 17.6 Å². The summed E-state index contributed by atoms with van der Waals surface area (Å²) in [5.74, 6) is 4.27. The molecule has 0 saturated heterocycles.